The Balaban J connectivity index is 0.00000274. The number of hydrogen-bond acceptors (Lipinski definition) is 3. The first-order valence-electron chi connectivity index (χ1n) is 11.7. The molecule has 174 valence electrons. The highest BCUT2D eigenvalue weighted by Gasteiger charge is 2.19. The van der Waals surface area contributed by atoms with E-state index in [0.29, 0.717) is 6.61 Å². The third-order valence-electron chi connectivity index (χ3n) is 6.33. The van der Waals surface area contributed by atoms with Gasteiger partial charge in [0.2, 0.25) is 0 Å². The molecule has 0 N–H and O–H groups in total. The number of nitrogens with zero attached hydrogens (tertiary/aromatic N) is 1. The molecule has 0 unspecified atom stereocenters. The van der Waals surface area contributed by atoms with Gasteiger partial charge in [-0.25, -0.2) is 0 Å². The van der Waals surface area contributed by atoms with Crippen LogP contribution < -0.4 is 4.74 Å². The minimum absolute atomic E-state index is 0. The zero-order chi connectivity index (χ0) is 22.6. The van der Waals surface area contributed by atoms with Gasteiger partial charge >= 0.3 is 0 Å². The Morgan fingerprint density at radius 3 is 2.18 bits per heavy atom. The van der Waals surface area contributed by atoms with E-state index in [1.165, 1.54) is 10.8 Å². The molecule has 0 aliphatic rings. The molecule has 0 saturated heterocycles. The van der Waals surface area contributed by atoms with Gasteiger partial charge in [-0.1, -0.05) is 86.6 Å². The summed E-state index contributed by atoms with van der Waals surface area (Å²) in [7, 11) is 0. The lowest BCUT2D eigenvalue weighted by Gasteiger charge is -2.18. The Morgan fingerprint density at radius 1 is 0.735 bits per heavy atom. The van der Waals surface area contributed by atoms with Crippen LogP contribution in [0.4, 0.5) is 0 Å². The number of likely N-dealkylation sites (N-methyl/N-ethyl adjacent to an activating group) is 1. The number of hydrogen-bond donors (Lipinski definition) is 0. The Hall–Kier alpha value is -3.27. The van der Waals surface area contributed by atoms with E-state index in [0.717, 1.165) is 58.8 Å². The fourth-order valence-corrected chi connectivity index (χ4v) is 4.49. The summed E-state index contributed by atoms with van der Waals surface area (Å²) in [5, 5.41) is 3.57. The lowest BCUT2D eigenvalue weighted by molar-refractivity contribution is 0.223. The first-order valence-corrected chi connectivity index (χ1v) is 11.7. The van der Waals surface area contributed by atoms with E-state index in [-0.39, 0.29) is 12.4 Å². The van der Waals surface area contributed by atoms with Crippen LogP contribution in [0.15, 0.2) is 95.4 Å². The van der Waals surface area contributed by atoms with Crippen molar-refractivity contribution in [1.82, 2.24) is 4.90 Å². The normalized spacial score (nSPS) is 11.1. The summed E-state index contributed by atoms with van der Waals surface area (Å²) < 4.78 is 12.5. The summed E-state index contributed by atoms with van der Waals surface area (Å²) in [6.07, 6.45) is 0. The topological polar surface area (TPSA) is 25.6 Å². The van der Waals surface area contributed by atoms with E-state index in [1.54, 1.807) is 0 Å². The van der Waals surface area contributed by atoms with Gasteiger partial charge in [-0.2, -0.15) is 0 Å². The molecule has 0 spiro atoms. The highest BCUT2D eigenvalue weighted by atomic mass is 35.5. The first kappa shape index (κ1) is 23.9. The predicted octanol–water partition coefficient (Wildman–Crippen LogP) is 8.06. The molecule has 0 amide bonds. The van der Waals surface area contributed by atoms with Crippen LogP contribution in [0.1, 0.15) is 13.8 Å². The SMILES string of the molecule is CCN(CC)CCOc1ccc(-c2c(-c3ccccc3)oc3ccc4ccccc4c23)cc1.Cl. The van der Waals surface area contributed by atoms with Gasteiger partial charge in [-0.15, -0.1) is 12.4 Å². The van der Waals surface area contributed by atoms with E-state index in [2.05, 4.69) is 104 Å². The Labute approximate surface area is 207 Å². The maximum absolute atomic E-state index is 6.46. The van der Waals surface area contributed by atoms with Crippen molar-refractivity contribution < 1.29 is 9.15 Å². The molecule has 4 heteroatoms. The highest BCUT2D eigenvalue weighted by molar-refractivity contribution is 6.16. The standard InChI is InChI=1S/C30H29NO2.ClH/c1-3-31(4-2)20-21-32-25-17-14-23(15-18-25)28-29-26-13-9-8-10-22(26)16-19-27(29)33-30(28)24-11-6-5-7-12-24;/h5-19H,3-4,20-21H2,1-2H3;1H. The van der Waals surface area contributed by atoms with Crippen LogP contribution >= 0.6 is 12.4 Å². The van der Waals surface area contributed by atoms with Gasteiger partial charge in [0, 0.05) is 23.1 Å². The zero-order valence-corrected chi connectivity index (χ0v) is 20.5. The fourth-order valence-electron chi connectivity index (χ4n) is 4.49. The number of benzene rings is 4. The molecule has 5 aromatic rings. The number of furan rings is 1. The summed E-state index contributed by atoms with van der Waals surface area (Å²) in [6.45, 7) is 8.08. The van der Waals surface area contributed by atoms with Crippen molar-refractivity contribution in [3.8, 4) is 28.2 Å². The van der Waals surface area contributed by atoms with Gasteiger partial charge in [0.05, 0.1) is 0 Å². The molecule has 0 saturated carbocycles. The van der Waals surface area contributed by atoms with E-state index in [9.17, 15) is 0 Å². The fraction of sp³-hybridized carbons (Fsp3) is 0.200. The lowest BCUT2D eigenvalue weighted by Crippen LogP contribution is -2.27. The van der Waals surface area contributed by atoms with Crippen molar-refractivity contribution in [1.29, 1.82) is 0 Å². The van der Waals surface area contributed by atoms with E-state index >= 15 is 0 Å². The van der Waals surface area contributed by atoms with Crippen molar-refractivity contribution in [3.63, 3.8) is 0 Å². The smallest absolute Gasteiger partial charge is 0.143 e. The summed E-state index contributed by atoms with van der Waals surface area (Å²) in [5.41, 5.74) is 4.23. The maximum atomic E-state index is 6.46. The number of fused-ring (bicyclic) bond motifs is 3. The van der Waals surface area contributed by atoms with E-state index in [4.69, 9.17) is 9.15 Å². The second-order valence-electron chi connectivity index (χ2n) is 8.23. The molecule has 0 atom stereocenters. The van der Waals surface area contributed by atoms with Gasteiger partial charge in [-0.3, -0.25) is 0 Å². The number of ether oxygens (including phenoxy) is 1. The second-order valence-corrected chi connectivity index (χ2v) is 8.23. The van der Waals surface area contributed by atoms with Crippen LogP contribution in [0.5, 0.6) is 5.75 Å². The minimum Gasteiger partial charge on any atom is -0.492 e. The molecule has 0 aliphatic carbocycles. The minimum atomic E-state index is 0. The first-order chi connectivity index (χ1) is 16.3. The van der Waals surface area contributed by atoms with Gasteiger partial charge in [0.15, 0.2) is 0 Å². The van der Waals surface area contributed by atoms with Crippen LogP contribution in [0, 0.1) is 0 Å². The summed E-state index contributed by atoms with van der Waals surface area (Å²) in [5.74, 6) is 1.79. The third kappa shape index (κ3) is 4.68. The van der Waals surface area contributed by atoms with Crippen LogP contribution in [0.2, 0.25) is 0 Å². The molecule has 4 aromatic carbocycles. The Bertz CT molecular complexity index is 1360. The van der Waals surface area contributed by atoms with E-state index in [1.807, 2.05) is 6.07 Å². The van der Waals surface area contributed by atoms with Crippen LogP contribution in [0.3, 0.4) is 0 Å². The van der Waals surface area contributed by atoms with Crippen LogP contribution in [0.25, 0.3) is 44.2 Å². The molecule has 0 fully saturated rings. The van der Waals surface area contributed by atoms with Crippen molar-refractivity contribution in [2.75, 3.05) is 26.2 Å². The third-order valence-corrected chi connectivity index (χ3v) is 6.33. The average Bonchev–Trinajstić information content (AvgIpc) is 3.28. The summed E-state index contributed by atoms with van der Waals surface area (Å²) in [4.78, 5) is 2.36. The molecule has 0 radical (unpaired) electrons. The van der Waals surface area contributed by atoms with Gasteiger partial charge in [-0.05, 0) is 47.6 Å². The van der Waals surface area contributed by atoms with Gasteiger partial charge in [0.1, 0.15) is 23.7 Å². The predicted molar refractivity (Wildman–Crippen MR) is 145 cm³/mol. The van der Waals surface area contributed by atoms with Crippen LogP contribution in [-0.2, 0) is 0 Å². The highest BCUT2D eigenvalue weighted by Crippen LogP contribution is 2.44. The largest absolute Gasteiger partial charge is 0.492 e. The maximum Gasteiger partial charge on any atom is 0.143 e. The Morgan fingerprint density at radius 2 is 1.44 bits per heavy atom. The van der Waals surface area contributed by atoms with Crippen molar-refractivity contribution in [2.24, 2.45) is 0 Å². The van der Waals surface area contributed by atoms with Crippen molar-refractivity contribution in [3.05, 3.63) is 91.0 Å². The molecule has 0 bridgehead atoms. The monoisotopic (exact) mass is 471 g/mol. The van der Waals surface area contributed by atoms with Gasteiger partial charge < -0.3 is 14.1 Å². The van der Waals surface area contributed by atoms with Crippen molar-refractivity contribution >= 4 is 34.1 Å². The molecular formula is C30H30ClNO2. The molecule has 34 heavy (non-hydrogen) atoms. The molecule has 0 aliphatic heterocycles. The van der Waals surface area contributed by atoms with E-state index < -0.39 is 0 Å². The number of rotatable bonds is 8. The molecule has 5 rings (SSSR count). The summed E-state index contributed by atoms with van der Waals surface area (Å²) in [6, 6.07) is 31.5. The Kier molecular flexibility index (Phi) is 7.56. The van der Waals surface area contributed by atoms with Gasteiger partial charge in [0.25, 0.3) is 0 Å². The summed E-state index contributed by atoms with van der Waals surface area (Å²) >= 11 is 0. The molecule has 3 nitrogen and oxygen atoms in total. The molecular weight excluding hydrogens is 442 g/mol. The van der Waals surface area contributed by atoms with Crippen LogP contribution in [-0.4, -0.2) is 31.1 Å². The van der Waals surface area contributed by atoms with Crippen molar-refractivity contribution in [2.45, 2.75) is 13.8 Å². The molecule has 1 aromatic heterocycles. The lowest BCUT2D eigenvalue weighted by atomic mass is 9.95. The average molecular weight is 472 g/mol. The zero-order valence-electron chi connectivity index (χ0n) is 19.7. The quantitative estimate of drug-likeness (QED) is 0.229. The number of halogens is 1. The molecule has 1 heterocycles. The second kappa shape index (κ2) is 10.8.